The van der Waals surface area contributed by atoms with Gasteiger partial charge in [-0.2, -0.15) is 0 Å². The van der Waals surface area contributed by atoms with Gasteiger partial charge in [0.2, 0.25) is 0 Å². The molecule has 0 saturated carbocycles. The third kappa shape index (κ3) is 1.54. The van der Waals surface area contributed by atoms with Crippen LogP contribution in [-0.2, 0) is 0 Å². The second kappa shape index (κ2) is 3.07. The van der Waals surface area contributed by atoms with Gasteiger partial charge in [0.15, 0.2) is 0 Å². The van der Waals surface area contributed by atoms with Crippen LogP contribution >= 0.6 is 0 Å². The molecule has 11 heavy (non-hydrogen) atoms. The fourth-order valence-corrected chi connectivity index (χ4v) is 2.20. The summed E-state index contributed by atoms with van der Waals surface area (Å²) in [6.45, 7) is 2.40. The average Bonchev–Trinajstić information content (AvgIpc) is 2.04. The van der Waals surface area contributed by atoms with Crippen LogP contribution in [0.15, 0.2) is 0 Å². The van der Waals surface area contributed by atoms with Gasteiger partial charge in [-0.25, -0.2) is 0 Å². The Morgan fingerprint density at radius 1 is 1.36 bits per heavy atom. The molecule has 2 aliphatic rings. The first-order valence-electron chi connectivity index (χ1n) is 4.50. The number of nitrogens with zero attached hydrogens (tertiary/aromatic N) is 1. The van der Waals surface area contributed by atoms with E-state index in [0.29, 0.717) is 25.0 Å². The quantitative estimate of drug-likeness (QED) is 0.528. The second-order valence-electron chi connectivity index (χ2n) is 3.62. The van der Waals surface area contributed by atoms with Crippen molar-refractivity contribution in [3.63, 3.8) is 0 Å². The summed E-state index contributed by atoms with van der Waals surface area (Å²) in [5, 5.41) is 4.41. The lowest BCUT2D eigenvalue weighted by molar-refractivity contribution is -0.0346. The zero-order valence-corrected chi connectivity index (χ0v) is 6.72. The standard InChI is InChI=1S/C8H15FN2/c9-11-5-3-8-7(6-11)2-1-4-10-8/h7-8,10H,1-6H2. The lowest BCUT2D eigenvalue weighted by atomic mass is 9.86. The van der Waals surface area contributed by atoms with E-state index < -0.39 is 0 Å². The minimum Gasteiger partial charge on any atom is -0.314 e. The molecule has 0 aromatic rings. The summed E-state index contributed by atoms with van der Waals surface area (Å²) >= 11 is 0. The first kappa shape index (κ1) is 7.50. The van der Waals surface area contributed by atoms with Crippen LogP contribution in [0, 0.1) is 5.92 Å². The van der Waals surface area contributed by atoms with Crippen molar-refractivity contribution in [3.8, 4) is 0 Å². The predicted octanol–water partition coefficient (Wildman–Crippen LogP) is 0.945. The Labute approximate surface area is 66.7 Å². The maximum atomic E-state index is 12.8. The van der Waals surface area contributed by atoms with E-state index in [0.717, 1.165) is 18.1 Å². The highest BCUT2D eigenvalue weighted by Gasteiger charge is 2.30. The molecule has 0 spiro atoms. The molecule has 3 heteroatoms. The summed E-state index contributed by atoms with van der Waals surface area (Å²) in [4.78, 5) is 0. The second-order valence-corrected chi connectivity index (χ2v) is 3.62. The Bertz CT molecular complexity index is 140. The molecule has 0 aromatic heterocycles. The number of rotatable bonds is 0. The van der Waals surface area contributed by atoms with Gasteiger partial charge in [-0.15, -0.1) is 9.60 Å². The SMILES string of the molecule is FN1CCC2NCCCC2C1. The molecule has 0 radical (unpaired) electrons. The van der Waals surface area contributed by atoms with Gasteiger partial charge < -0.3 is 5.32 Å². The molecule has 2 rings (SSSR count). The number of hydrogen-bond donors (Lipinski definition) is 1. The van der Waals surface area contributed by atoms with Crippen LogP contribution in [0.2, 0.25) is 0 Å². The average molecular weight is 158 g/mol. The van der Waals surface area contributed by atoms with Crippen LogP contribution < -0.4 is 5.32 Å². The fraction of sp³-hybridized carbons (Fsp3) is 1.00. The Morgan fingerprint density at radius 3 is 3.18 bits per heavy atom. The van der Waals surface area contributed by atoms with Crippen molar-refractivity contribution in [1.82, 2.24) is 10.4 Å². The van der Waals surface area contributed by atoms with E-state index in [1.54, 1.807) is 0 Å². The van der Waals surface area contributed by atoms with E-state index in [2.05, 4.69) is 5.32 Å². The molecule has 2 atom stereocenters. The van der Waals surface area contributed by atoms with Gasteiger partial charge in [0.05, 0.1) is 0 Å². The number of piperidine rings is 2. The summed E-state index contributed by atoms with van der Waals surface area (Å²) in [6, 6.07) is 0.607. The summed E-state index contributed by atoms with van der Waals surface area (Å²) in [6.07, 6.45) is 3.41. The first-order chi connectivity index (χ1) is 5.36. The van der Waals surface area contributed by atoms with Crippen molar-refractivity contribution in [2.45, 2.75) is 25.3 Å². The van der Waals surface area contributed by atoms with Crippen molar-refractivity contribution in [3.05, 3.63) is 0 Å². The zero-order valence-electron chi connectivity index (χ0n) is 6.72. The molecule has 1 N–H and O–H groups in total. The van der Waals surface area contributed by atoms with Crippen LogP contribution in [0.4, 0.5) is 4.48 Å². The Kier molecular flexibility index (Phi) is 2.09. The molecule has 2 aliphatic heterocycles. The largest absolute Gasteiger partial charge is 0.314 e. The van der Waals surface area contributed by atoms with Crippen molar-refractivity contribution in [1.29, 1.82) is 0 Å². The molecular formula is C8H15FN2. The first-order valence-corrected chi connectivity index (χ1v) is 4.50. The van der Waals surface area contributed by atoms with E-state index in [9.17, 15) is 4.48 Å². The molecular weight excluding hydrogens is 143 g/mol. The molecule has 2 fully saturated rings. The summed E-state index contributed by atoms with van der Waals surface area (Å²) in [5.74, 6) is 0.572. The Balaban J connectivity index is 1.93. The van der Waals surface area contributed by atoms with Gasteiger partial charge in [0, 0.05) is 19.1 Å². The van der Waals surface area contributed by atoms with E-state index in [-0.39, 0.29) is 0 Å². The smallest absolute Gasteiger partial charge is 0.0333 e. The van der Waals surface area contributed by atoms with Crippen molar-refractivity contribution < 1.29 is 4.48 Å². The van der Waals surface area contributed by atoms with Crippen LogP contribution in [0.5, 0.6) is 0 Å². The molecule has 0 aliphatic carbocycles. The van der Waals surface area contributed by atoms with Crippen LogP contribution in [0.25, 0.3) is 0 Å². The van der Waals surface area contributed by atoms with E-state index >= 15 is 0 Å². The van der Waals surface area contributed by atoms with Crippen molar-refractivity contribution in [2.24, 2.45) is 5.92 Å². The number of halogens is 1. The molecule has 2 heterocycles. The minimum absolute atomic E-state index is 0.572. The maximum Gasteiger partial charge on any atom is 0.0333 e. The molecule has 0 aromatic carbocycles. The van der Waals surface area contributed by atoms with Crippen LogP contribution in [0.3, 0.4) is 0 Å². The summed E-state index contributed by atoms with van der Waals surface area (Å²) in [5.41, 5.74) is 0. The molecule has 2 saturated heterocycles. The molecule has 0 amide bonds. The zero-order chi connectivity index (χ0) is 7.68. The monoisotopic (exact) mass is 158 g/mol. The van der Waals surface area contributed by atoms with E-state index in [1.807, 2.05) is 0 Å². The lowest BCUT2D eigenvalue weighted by Gasteiger charge is -2.38. The van der Waals surface area contributed by atoms with Gasteiger partial charge in [-0.1, -0.05) is 0 Å². The lowest BCUT2D eigenvalue weighted by Crippen LogP contribution is -2.50. The van der Waals surface area contributed by atoms with Gasteiger partial charge in [-0.05, 0) is 31.7 Å². The molecule has 2 unspecified atom stereocenters. The highest BCUT2D eigenvalue weighted by Crippen LogP contribution is 2.24. The fourth-order valence-electron chi connectivity index (χ4n) is 2.20. The number of nitrogens with one attached hydrogen (secondary N) is 1. The van der Waals surface area contributed by atoms with E-state index in [4.69, 9.17) is 0 Å². The number of fused-ring (bicyclic) bond motifs is 1. The number of hydrogen-bond acceptors (Lipinski definition) is 2. The van der Waals surface area contributed by atoms with Crippen molar-refractivity contribution >= 4 is 0 Å². The molecule has 2 nitrogen and oxygen atoms in total. The topological polar surface area (TPSA) is 15.3 Å². The van der Waals surface area contributed by atoms with Gasteiger partial charge in [0.25, 0.3) is 0 Å². The van der Waals surface area contributed by atoms with Gasteiger partial charge >= 0.3 is 0 Å². The van der Waals surface area contributed by atoms with Gasteiger partial charge in [0.1, 0.15) is 0 Å². The highest BCUT2D eigenvalue weighted by atomic mass is 19.2. The third-order valence-corrected chi connectivity index (χ3v) is 2.84. The Hall–Kier alpha value is -0.150. The van der Waals surface area contributed by atoms with Crippen LogP contribution in [0.1, 0.15) is 19.3 Å². The van der Waals surface area contributed by atoms with Crippen molar-refractivity contribution in [2.75, 3.05) is 19.6 Å². The van der Waals surface area contributed by atoms with Crippen LogP contribution in [-0.4, -0.2) is 30.8 Å². The highest BCUT2D eigenvalue weighted by molar-refractivity contribution is 4.85. The minimum atomic E-state index is 0.572. The predicted molar refractivity (Wildman–Crippen MR) is 41.8 cm³/mol. The summed E-state index contributed by atoms with van der Waals surface area (Å²) < 4.78 is 12.8. The summed E-state index contributed by atoms with van der Waals surface area (Å²) in [7, 11) is 0. The van der Waals surface area contributed by atoms with Gasteiger partial charge in [-0.3, -0.25) is 0 Å². The molecule has 64 valence electrons. The van der Waals surface area contributed by atoms with E-state index in [1.165, 1.54) is 12.8 Å². The maximum absolute atomic E-state index is 12.8. The third-order valence-electron chi connectivity index (χ3n) is 2.84. The Morgan fingerprint density at radius 2 is 2.27 bits per heavy atom. The molecule has 0 bridgehead atoms. The normalized spacial score (nSPS) is 40.1.